The molecule has 2 aromatic rings. The van der Waals surface area contributed by atoms with Gasteiger partial charge in [0.2, 0.25) is 6.39 Å². The normalized spacial score (nSPS) is 10.5. The van der Waals surface area contributed by atoms with Crippen LogP contribution in [0.25, 0.3) is 0 Å². The molecular weight excluding hydrogens is 170 g/mol. The predicted octanol–water partition coefficient (Wildman–Crippen LogP) is 0.0825. The molecule has 68 valence electrons. The molecular formula is C7H9N5O. The van der Waals surface area contributed by atoms with Gasteiger partial charge in [-0.25, -0.2) is 4.98 Å². The van der Waals surface area contributed by atoms with Crippen molar-refractivity contribution in [3.05, 3.63) is 30.4 Å². The first-order valence-electron chi connectivity index (χ1n) is 3.88. The third-order valence-corrected chi connectivity index (χ3v) is 1.56. The zero-order valence-electron chi connectivity index (χ0n) is 6.90. The molecule has 0 aliphatic rings. The molecule has 2 aromatic heterocycles. The lowest BCUT2D eigenvalue weighted by Gasteiger charge is -1.97. The Balaban J connectivity index is 1.76. The molecule has 0 aliphatic heterocycles. The maximum atomic E-state index is 4.58. The van der Waals surface area contributed by atoms with Crippen molar-refractivity contribution in [2.45, 2.75) is 13.1 Å². The average molecular weight is 179 g/mol. The summed E-state index contributed by atoms with van der Waals surface area (Å²) in [6.45, 7) is 1.31. The number of rotatable bonds is 4. The van der Waals surface area contributed by atoms with Crippen molar-refractivity contribution in [1.29, 1.82) is 0 Å². The molecule has 2 rings (SSSR count). The van der Waals surface area contributed by atoms with Gasteiger partial charge >= 0.3 is 0 Å². The number of imidazole rings is 1. The topological polar surface area (TPSA) is 79.6 Å². The number of H-pyrrole nitrogens is 1. The van der Waals surface area contributed by atoms with Gasteiger partial charge in [0.25, 0.3) is 0 Å². The monoisotopic (exact) mass is 179 g/mol. The van der Waals surface area contributed by atoms with Gasteiger partial charge in [-0.1, -0.05) is 5.16 Å². The van der Waals surface area contributed by atoms with Crippen molar-refractivity contribution in [3.8, 4) is 0 Å². The van der Waals surface area contributed by atoms with Crippen molar-refractivity contribution in [2.24, 2.45) is 0 Å². The predicted molar refractivity (Wildman–Crippen MR) is 43.4 cm³/mol. The van der Waals surface area contributed by atoms with Crippen molar-refractivity contribution in [1.82, 2.24) is 25.4 Å². The summed E-state index contributed by atoms with van der Waals surface area (Å²) in [6, 6.07) is 0. The van der Waals surface area contributed by atoms with Crippen LogP contribution in [0.2, 0.25) is 0 Å². The second-order valence-electron chi connectivity index (χ2n) is 2.53. The molecule has 0 bridgehead atoms. The van der Waals surface area contributed by atoms with Crippen molar-refractivity contribution in [3.63, 3.8) is 0 Å². The van der Waals surface area contributed by atoms with Gasteiger partial charge in [-0.15, -0.1) is 0 Å². The summed E-state index contributed by atoms with van der Waals surface area (Å²) in [5, 5.41) is 6.79. The fraction of sp³-hybridized carbons (Fsp3) is 0.286. The third kappa shape index (κ3) is 2.12. The van der Waals surface area contributed by atoms with Crippen LogP contribution < -0.4 is 5.32 Å². The Hall–Kier alpha value is -1.69. The summed E-state index contributed by atoms with van der Waals surface area (Å²) < 4.78 is 4.58. The Morgan fingerprint density at radius 2 is 2.46 bits per heavy atom. The number of hydrogen-bond donors (Lipinski definition) is 2. The molecule has 2 N–H and O–H groups in total. The van der Waals surface area contributed by atoms with Gasteiger partial charge in [-0.3, -0.25) is 0 Å². The van der Waals surface area contributed by atoms with E-state index in [1.54, 1.807) is 12.5 Å². The van der Waals surface area contributed by atoms with Gasteiger partial charge in [0.05, 0.1) is 12.9 Å². The summed E-state index contributed by atoms with van der Waals surface area (Å²) in [7, 11) is 0. The lowest BCUT2D eigenvalue weighted by Crippen LogP contribution is -2.13. The molecule has 0 aliphatic carbocycles. The van der Waals surface area contributed by atoms with E-state index >= 15 is 0 Å². The number of aromatic nitrogens is 4. The lowest BCUT2D eigenvalue weighted by molar-refractivity contribution is 0.407. The summed E-state index contributed by atoms with van der Waals surface area (Å²) in [6.07, 6.45) is 4.72. The minimum atomic E-state index is 0.593. The summed E-state index contributed by atoms with van der Waals surface area (Å²) >= 11 is 0. The molecule has 0 saturated heterocycles. The number of nitrogens with one attached hydrogen (secondary N) is 2. The Kier molecular flexibility index (Phi) is 2.33. The van der Waals surface area contributed by atoms with E-state index in [1.807, 2.05) is 0 Å². The van der Waals surface area contributed by atoms with Crippen LogP contribution in [0, 0.1) is 0 Å². The molecule has 0 saturated carbocycles. The molecule has 0 radical (unpaired) electrons. The minimum absolute atomic E-state index is 0.593. The Morgan fingerprint density at radius 3 is 3.15 bits per heavy atom. The fourth-order valence-corrected chi connectivity index (χ4v) is 0.961. The molecule has 2 heterocycles. The zero-order chi connectivity index (χ0) is 8.93. The summed E-state index contributed by atoms with van der Waals surface area (Å²) in [5.74, 6) is 0.652. The van der Waals surface area contributed by atoms with Crippen LogP contribution >= 0.6 is 0 Å². The van der Waals surface area contributed by atoms with Gasteiger partial charge in [-0.2, -0.15) is 4.98 Å². The highest BCUT2D eigenvalue weighted by atomic mass is 16.5. The largest absolute Gasteiger partial charge is 0.347 e. The number of nitrogens with zero attached hydrogens (tertiary/aromatic N) is 3. The Labute approximate surface area is 74.4 Å². The van der Waals surface area contributed by atoms with Gasteiger partial charge in [0, 0.05) is 18.4 Å². The first-order valence-corrected chi connectivity index (χ1v) is 3.88. The quantitative estimate of drug-likeness (QED) is 0.694. The van der Waals surface area contributed by atoms with E-state index in [-0.39, 0.29) is 0 Å². The van der Waals surface area contributed by atoms with Gasteiger partial charge in [0.1, 0.15) is 0 Å². The third-order valence-electron chi connectivity index (χ3n) is 1.56. The molecule has 6 heteroatoms. The van der Waals surface area contributed by atoms with Crippen molar-refractivity contribution >= 4 is 0 Å². The molecule has 0 unspecified atom stereocenters. The fourth-order valence-electron chi connectivity index (χ4n) is 0.961. The molecule has 0 atom stereocenters. The van der Waals surface area contributed by atoms with Crippen LogP contribution in [0.3, 0.4) is 0 Å². The maximum absolute atomic E-state index is 4.58. The van der Waals surface area contributed by atoms with Crippen LogP contribution in [0.5, 0.6) is 0 Å². The molecule has 13 heavy (non-hydrogen) atoms. The van der Waals surface area contributed by atoms with E-state index in [0.717, 1.165) is 5.69 Å². The van der Waals surface area contributed by atoms with Crippen LogP contribution in [-0.2, 0) is 13.1 Å². The second kappa shape index (κ2) is 3.81. The first-order chi connectivity index (χ1) is 6.45. The first kappa shape index (κ1) is 7.93. The van der Waals surface area contributed by atoms with E-state index in [4.69, 9.17) is 0 Å². The van der Waals surface area contributed by atoms with E-state index in [2.05, 4.69) is 29.9 Å². The number of aromatic amines is 1. The van der Waals surface area contributed by atoms with Crippen LogP contribution in [0.4, 0.5) is 0 Å². The van der Waals surface area contributed by atoms with Gasteiger partial charge in [-0.05, 0) is 0 Å². The van der Waals surface area contributed by atoms with E-state index < -0.39 is 0 Å². The molecule has 6 nitrogen and oxygen atoms in total. The highest BCUT2D eigenvalue weighted by molar-refractivity contribution is 4.93. The maximum Gasteiger partial charge on any atom is 0.213 e. The molecule has 0 aromatic carbocycles. The molecule has 0 fully saturated rings. The highest BCUT2D eigenvalue weighted by Gasteiger charge is 1.97. The Morgan fingerprint density at radius 1 is 1.46 bits per heavy atom. The standard InChI is InChI=1S/C7H9N5O/c1(6-2-9-4-10-6)8-3-7-11-5-13-12-7/h2,4-5,8H,1,3H2,(H,9,10). The molecule has 0 spiro atoms. The van der Waals surface area contributed by atoms with Crippen molar-refractivity contribution in [2.75, 3.05) is 0 Å². The highest BCUT2D eigenvalue weighted by Crippen LogP contribution is 1.91. The van der Waals surface area contributed by atoms with Gasteiger partial charge in [0.15, 0.2) is 5.82 Å². The second-order valence-corrected chi connectivity index (χ2v) is 2.53. The number of hydrogen-bond acceptors (Lipinski definition) is 5. The van der Waals surface area contributed by atoms with E-state index in [0.29, 0.717) is 18.9 Å². The van der Waals surface area contributed by atoms with E-state index in [1.165, 1.54) is 6.39 Å². The van der Waals surface area contributed by atoms with Crippen molar-refractivity contribution < 1.29 is 4.52 Å². The van der Waals surface area contributed by atoms with Crippen LogP contribution in [0.15, 0.2) is 23.4 Å². The Bertz CT molecular complexity index is 293. The van der Waals surface area contributed by atoms with Gasteiger partial charge < -0.3 is 14.8 Å². The zero-order valence-corrected chi connectivity index (χ0v) is 6.90. The van der Waals surface area contributed by atoms with Crippen LogP contribution in [0.1, 0.15) is 11.5 Å². The summed E-state index contributed by atoms with van der Waals surface area (Å²) in [5.41, 5.74) is 1.03. The summed E-state index contributed by atoms with van der Waals surface area (Å²) in [4.78, 5) is 10.7. The average Bonchev–Trinajstić information content (AvgIpc) is 2.75. The lowest BCUT2D eigenvalue weighted by atomic mass is 10.4. The smallest absolute Gasteiger partial charge is 0.213 e. The minimum Gasteiger partial charge on any atom is -0.347 e. The molecule has 0 amide bonds. The van der Waals surface area contributed by atoms with Crippen LogP contribution in [-0.4, -0.2) is 20.1 Å². The van der Waals surface area contributed by atoms with E-state index in [9.17, 15) is 0 Å². The SMILES string of the molecule is c1ncc(CNCc2ncon2)[nH]1.